The number of thioether (sulfide) groups is 1. The molecule has 0 aromatic heterocycles. The summed E-state index contributed by atoms with van der Waals surface area (Å²) < 4.78 is 0. The van der Waals surface area contributed by atoms with Gasteiger partial charge in [0.25, 0.3) is 5.91 Å². The summed E-state index contributed by atoms with van der Waals surface area (Å²) in [7, 11) is 0. The van der Waals surface area contributed by atoms with Gasteiger partial charge in [0, 0.05) is 10.9 Å². The van der Waals surface area contributed by atoms with E-state index in [0.717, 1.165) is 17.3 Å². The Bertz CT molecular complexity index is 734. The number of nitrogens with one attached hydrogen (secondary N) is 1. The van der Waals surface area contributed by atoms with E-state index in [1.807, 2.05) is 42.5 Å². The number of quaternary nitrogens is 1. The molecule has 0 fully saturated rings. The van der Waals surface area contributed by atoms with Crippen molar-refractivity contribution >= 4 is 29.3 Å². The van der Waals surface area contributed by atoms with Gasteiger partial charge < -0.3 is 16.6 Å². The molecule has 0 bridgehead atoms. The minimum absolute atomic E-state index is 0. The Morgan fingerprint density at radius 2 is 1.74 bits per heavy atom. The third-order valence-corrected chi connectivity index (χ3v) is 4.99. The van der Waals surface area contributed by atoms with Crippen LogP contribution in [-0.2, 0) is 11.2 Å². The van der Waals surface area contributed by atoms with Crippen molar-refractivity contribution in [2.75, 3.05) is 0 Å². The third-order valence-electron chi connectivity index (χ3n) is 3.38. The van der Waals surface area contributed by atoms with Crippen LogP contribution in [0.5, 0.6) is 0 Å². The van der Waals surface area contributed by atoms with Gasteiger partial charge in [-0.05, 0) is 24.1 Å². The second-order valence-corrected chi connectivity index (χ2v) is 6.40. The number of benzene rings is 2. The highest BCUT2D eigenvalue weighted by molar-refractivity contribution is 8.04. The molecule has 0 radical (unpaired) electrons. The fourth-order valence-electron chi connectivity index (χ4n) is 2.29. The predicted molar refractivity (Wildman–Crippen MR) is 92.4 cm³/mol. The van der Waals surface area contributed by atoms with E-state index in [4.69, 9.17) is 11.6 Å². The smallest absolute Gasteiger partial charge is 0.257 e. The first-order valence-electron chi connectivity index (χ1n) is 6.83. The predicted octanol–water partition coefficient (Wildman–Crippen LogP) is 3.12. The molecule has 0 saturated carbocycles. The molecule has 0 aliphatic carbocycles. The summed E-state index contributed by atoms with van der Waals surface area (Å²) >= 11 is 7.22. The lowest BCUT2D eigenvalue weighted by molar-refractivity contribution is -0.308. The van der Waals surface area contributed by atoms with Crippen LogP contribution in [0.25, 0.3) is 0 Å². The summed E-state index contributed by atoms with van der Waals surface area (Å²) in [5.74, 6) is -0.491. The molecule has 6 heteroatoms. The van der Waals surface area contributed by atoms with E-state index in [1.165, 1.54) is 0 Å². The van der Waals surface area contributed by atoms with Gasteiger partial charge in [-0.2, -0.15) is 0 Å². The minimum Gasteiger partial charge on any atom is -0.873 e. The topological polar surface area (TPSA) is 88.7 Å². The van der Waals surface area contributed by atoms with Gasteiger partial charge in [0.2, 0.25) is 0 Å². The van der Waals surface area contributed by atoms with Gasteiger partial charge in [-0.1, -0.05) is 71.6 Å². The lowest BCUT2D eigenvalue weighted by Crippen LogP contribution is -2.33. The summed E-state index contributed by atoms with van der Waals surface area (Å²) in [4.78, 5) is 13.0. The largest absolute Gasteiger partial charge is 0.873 e. The Morgan fingerprint density at radius 3 is 2.43 bits per heavy atom. The molecule has 3 rings (SSSR count). The van der Waals surface area contributed by atoms with Gasteiger partial charge in [0.1, 0.15) is 0 Å². The standard InChI is InChI=1S/C17H14ClNO2S.H3N/c18-12-8-4-5-9-14(12)22-16-15(20)13(19-17(16)21)10-11-6-2-1-3-7-11;/h1-9,13,20H,10H2,(H,19,21);1H3/t13-;/m0./s1. The monoisotopic (exact) mass is 348 g/mol. The number of rotatable bonds is 4. The minimum atomic E-state index is -0.500. The normalized spacial score (nSPS) is 16.9. The van der Waals surface area contributed by atoms with Crippen molar-refractivity contribution in [3.63, 3.8) is 0 Å². The van der Waals surface area contributed by atoms with Crippen LogP contribution >= 0.6 is 23.4 Å². The Hall–Kier alpha value is -1.95. The molecule has 0 spiro atoms. The average molecular weight is 349 g/mol. The quantitative estimate of drug-likeness (QED) is 0.889. The second-order valence-electron chi connectivity index (χ2n) is 4.94. The van der Waals surface area contributed by atoms with Gasteiger partial charge in [-0.15, -0.1) is 0 Å². The highest BCUT2D eigenvalue weighted by Crippen LogP contribution is 2.36. The lowest BCUT2D eigenvalue weighted by Gasteiger charge is -2.19. The van der Waals surface area contributed by atoms with Gasteiger partial charge >= 0.3 is 0 Å². The zero-order valence-corrected chi connectivity index (χ0v) is 14.2. The molecule has 1 atom stereocenters. The molecule has 5 N–H and O–H groups in total. The average Bonchev–Trinajstić information content (AvgIpc) is 2.78. The Labute approximate surface area is 144 Å². The molecule has 1 amide bonds. The van der Waals surface area contributed by atoms with Gasteiger partial charge in [-0.25, -0.2) is 0 Å². The van der Waals surface area contributed by atoms with Crippen LogP contribution in [0.15, 0.2) is 70.2 Å². The number of hydrogen-bond donors (Lipinski definition) is 2. The highest BCUT2D eigenvalue weighted by Gasteiger charge is 2.27. The number of carbonyl (C=O) groups is 1. The highest BCUT2D eigenvalue weighted by atomic mass is 35.5. The van der Waals surface area contributed by atoms with Crippen molar-refractivity contribution in [2.24, 2.45) is 0 Å². The molecule has 120 valence electrons. The van der Waals surface area contributed by atoms with E-state index in [0.29, 0.717) is 16.3 Å². The maximum Gasteiger partial charge on any atom is 0.257 e. The van der Waals surface area contributed by atoms with Crippen LogP contribution in [0.3, 0.4) is 0 Å². The molecule has 1 aliphatic rings. The lowest BCUT2D eigenvalue weighted by atomic mass is 10.1. The molecule has 1 aliphatic heterocycles. The SMILES string of the molecule is O=C1N[C@@H](Cc2ccccc2)C([O-])=C1Sc1ccccc1Cl.[NH4+]. The molecule has 0 unspecified atom stereocenters. The summed E-state index contributed by atoms with van der Waals surface area (Å²) in [5, 5.41) is 15.7. The van der Waals surface area contributed by atoms with E-state index in [9.17, 15) is 9.90 Å². The van der Waals surface area contributed by atoms with Crippen molar-refractivity contribution in [3.8, 4) is 0 Å². The first-order chi connectivity index (χ1) is 10.6. The first kappa shape index (κ1) is 17.4. The van der Waals surface area contributed by atoms with Crippen LogP contribution in [0.2, 0.25) is 5.02 Å². The van der Waals surface area contributed by atoms with E-state index < -0.39 is 6.04 Å². The number of carbonyl (C=O) groups excluding carboxylic acids is 1. The van der Waals surface area contributed by atoms with Gasteiger partial charge in [0.15, 0.2) is 0 Å². The second kappa shape index (κ2) is 7.55. The van der Waals surface area contributed by atoms with Crippen molar-refractivity contribution < 1.29 is 9.90 Å². The van der Waals surface area contributed by atoms with Gasteiger partial charge in [0.05, 0.1) is 9.93 Å². The van der Waals surface area contributed by atoms with Crippen LogP contribution < -0.4 is 16.6 Å². The van der Waals surface area contributed by atoms with Crippen molar-refractivity contribution in [1.82, 2.24) is 11.5 Å². The number of halogens is 1. The van der Waals surface area contributed by atoms with Crippen molar-refractivity contribution in [3.05, 3.63) is 75.8 Å². The summed E-state index contributed by atoms with van der Waals surface area (Å²) in [6.45, 7) is 0. The maximum atomic E-state index is 12.5. The molecule has 0 saturated heterocycles. The van der Waals surface area contributed by atoms with Crippen LogP contribution in [0.1, 0.15) is 5.56 Å². The molecule has 2 aromatic rings. The molecular formula is C17H17ClN2O2S. The van der Waals surface area contributed by atoms with Crippen molar-refractivity contribution in [2.45, 2.75) is 17.4 Å². The fraction of sp³-hybridized carbons (Fsp3) is 0.118. The van der Waals surface area contributed by atoms with E-state index in [2.05, 4.69) is 5.32 Å². The van der Waals surface area contributed by atoms with E-state index in [-0.39, 0.29) is 22.7 Å². The molecule has 23 heavy (non-hydrogen) atoms. The summed E-state index contributed by atoms with van der Waals surface area (Å²) in [5.41, 5.74) is 1.02. The number of hydrogen-bond acceptors (Lipinski definition) is 3. The zero-order valence-electron chi connectivity index (χ0n) is 12.6. The van der Waals surface area contributed by atoms with Crippen LogP contribution in [-0.4, -0.2) is 11.9 Å². The third kappa shape index (κ3) is 3.88. The van der Waals surface area contributed by atoms with Gasteiger partial charge in [-0.3, -0.25) is 4.79 Å². The van der Waals surface area contributed by atoms with E-state index >= 15 is 0 Å². The number of amides is 1. The van der Waals surface area contributed by atoms with Crippen LogP contribution in [0, 0.1) is 0 Å². The zero-order chi connectivity index (χ0) is 15.5. The Morgan fingerprint density at radius 1 is 1.09 bits per heavy atom. The Balaban J connectivity index is 0.00000192. The summed E-state index contributed by atoms with van der Waals surface area (Å²) in [6.07, 6.45) is 0.498. The molecule has 1 heterocycles. The summed E-state index contributed by atoms with van der Waals surface area (Å²) in [6, 6.07) is 16.3. The molecular weight excluding hydrogens is 332 g/mol. The van der Waals surface area contributed by atoms with Crippen LogP contribution in [0.4, 0.5) is 0 Å². The first-order valence-corrected chi connectivity index (χ1v) is 8.03. The van der Waals surface area contributed by atoms with E-state index in [1.54, 1.807) is 12.1 Å². The molecule has 2 aromatic carbocycles. The van der Waals surface area contributed by atoms with Crippen molar-refractivity contribution in [1.29, 1.82) is 0 Å². The maximum absolute atomic E-state index is 12.5. The fourth-order valence-corrected chi connectivity index (χ4v) is 3.47. The molecule has 4 nitrogen and oxygen atoms in total. The Kier molecular flexibility index (Phi) is 5.71.